The fourth-order valence-electron chi connectivity index (χ4n) is 5.52. The van der Waals surface area contributed by atoms with E-state index in [2.05, 4.69) is 20.4 Å². The number of carbonyl (C=O) groups is 1. The average molecular weight is 571 g/mol. The van der Waals surface area contributed by atoms with Crippen LogP contribution in [0.1, 0.15) is 52.7 Å². The Balaban J connectivity index is 1.39. The molecule has 2 aliphatic heterocycles. The summed E-state index contributed by atoms with van der Waals surface area (Å²) in [6, 6.07) is 0.339. The van der Waals surface area contributed by atoms with E-state index in [1.165, 1.54) is 24.4 Å². The largest absolute Gasteiger partial charge is 0.367 e. The molecule has 5 atom stereocenters. The second kappa shape index (κ2) is 10.6. The molecule has 2 aromatic rings. The highest BCUT2D eigenvalue weighted by atomic mass is 35.5. The van der Waals surface area contributed by atoms with Crippen LogP contribution in [0, 0.1) is 0 Å². The number of halogens is 1. The Kier molecular flexibility index (Phi) is 7.76. The summed E-state index contributed by atoms with van der Waals surface area (Å²) in [6.45, 7) is 7.40. The maximum atomic E-state index is 12.8. The van der Waals surface area contributed by atoms with Crippen LogP contribution >= 0.6 is 19.0 Å². The van der Waals surface area contributed by atoms with Crippen molar-refractivity contribution in [3.05, 3.63) is 11.5 Å². The summed E-state index contributed by atoms with van der Waals surface area (Å²) < 4.78 is 38.3. The topological polar surface area (TPSA) is 130 Å². The predicted molar refractivity (Wildman–Crippen MR) is 142 cm³/mol. The van der Waals surface area contributed by atoms with Gasteiger partial charge in [0.05, 0.1) is 18.2 Å². The monoisotopic (exact) mass is 570 g/mol. The minimum atomic E-state index is -3.02. The molecule has 3 aliphatic rings. The van der Waals surface area contributed by atoms with Gasteiger partial charge in [-0.2, -0.15) is 15.1 Å². The Hall–Kier alpha value is -1.82. The van der Waals surface area contributed by atoms with Gasteiger partial charge in [0.15, 0.2) is 17.7 Å². The van der Waals surface area contributed by atoms with Gasteiger partial charge in [0.25, 0.3) is 0 Å². The van der Waals surface area contributed by atoms with Crippen molar-refractivity contribution in [2.75, 3.05) is 38.3 Å². The molecule has 1 saturated carbocycles. The van der Waals surface area contributed by atoms with E-state index in [1.54, 1.807) is 24.9 Å². The summed E-state index contributed by atoms with van der Waals surface area (Å²) in [5, 5.41) is 8.95. The molecule has 0 aromatic carbocycles. The van der Waals surface area contributed by atoms with Crippen molar-refractivity contribution in [3.63, 3.8) is 0 Å². The molecule has 2 saturated heterocycles. The Morgan fingerprint density at radius 3 is 2.71 bits per heavy atom. The Bertz CT molecular complexity index is 1240. The maximum Gasteiger partial charge on any atom is 0.232 e. The highest BCUT2D eigenvalue weighted by molar-refractivity contribution is 7.59. The summed E-state index contributed by atoms with van der Waals surface area (Å²) in [5.74, 6) is -0.494. The zero-order valence-electron chi connectivity index (χ0n) is 22.4. The maximum absolute atomic E-state index is 12.8. The highest BCUT2D eigenvalue weighted by Gasteiger charge is 2.56. The molecule has 2 aromatic heterocycles. The summed E-state index contributed by atoms with van der Waals surface area (Å²) in [6.07, 6.45) is 3.92. The van der Waals surface area contributed by atoms with E-state index in [4.69, 9.17) is 30.3 Å². The van der Waals surface area contributed by atoms with Crippen molar-refractivity contribution in [2.45, 2.75) is 82.8 Å². The van der Waals surface area contributed by atoms with Gasteiger partial charge < -0.3 is 29.0 Å². The molecular formula is C24H36ClN6O6P. The summed E-state index contributed by atoms with van der Waals surface area (Å²) in [4.78, 5) is 23.2. The van der Waals surface area contributed by atoms with Crippen LogP contribution in [0.2, 0.25) is 5.28 Å². The first-order valence-electron chi connectivity index (χ1n) is 13.1. The molecule has 0 spiro atoms. The second-order valence-electron chi connectivity index (χ2n) is 10.8. The van der Waals surface area contributed by atoms with Crippen molar-refractivity contribution < 1.29 is 28.1 Å². The molecule has 5 rings (SSSR count). The van der Waals surface area contributed by atoms with Crippen LogP contribution in [0.5, 0.6) is 0 Å². The van der Waals surface area contributed by atoms with Crippen LogP contribution in [0.25, 0.3) is 11.0 Å². The lowest BCUT2D eigenvalue weighted by Gasteiger charge is -2.27. The van der Waals surface area contributed by atoms with Crippen molar-refractivity contribution in [3.8, 4) is 0 Å². The third kappa shape index (κ3) is 5.71. The van der Waals surface area contributed by atoms with Crippen LogP contribution in [0.15, 0.2) is 6.20 Å². The number of fused-ring (bicyclic) bond motifs is 2. The Morgan fingerprint density at radius 2 is 2.00 bits per heavy atom. The van der Waals surface area contributed by atoms with Gasteiger partial charge in [0.2, 0.25) is 18.6 Å². The predicted octanol–water partition coefficient (Wildman–Crippen LogP) is 3.65. The van der Waals surface area contributed by atoms with E-state index >= 15 is 0 Å². The molecule has 0 bridgehead atoms. The number of nitrogens with zero attached hydrogens (tertiary/aromatic N) is 5. The van der Waals surface area contributed by atoms with Crippen LogP contribution in [0.3, 0.4) is 0 Å². The summed E-state index contributed by atoms with van der Waals surface area (Å²) >= 11 is 6.33. The SMILES string of the molecule is CCOP(C)(=O)CC(=O)N(C)C[C@H]1O[C@@H](n2ncc3c(NC4CCCC4)nc(Cl)nc32)[C@@H]2OC(C)(C)O[C@@H]21. The highest BCUT2D eigenvalue weighted by Crippen LogP contribution is 2.45. The van der Waals surface area contributed by atoms with Crippen molar-refractivity contribution >= 4 is 41.7 Å². The van der Waals surface area contributed by atoms with Crippen LogP contribution in [0.4, 0.5) is 5.82 Å². The molecule has 0 radical (unpaired) electrons. The van der Waals surface area contributed by atoms with Crippen LogP contribution in [-0.4, -0.2) is 93.7 Å². The van der Waals surface area contributed by atoms with Crippen LogP contribution in [-0.2, 0) is 28.1 Å². The van der Waals surface area contributed by atoms with Crippen molar-refractivity contribution in [1.29, 1.82) is 0 Å². The number of nitrogens with one attached hydrogen (secondary N) is 1. The van der Waals surface area contributed by atoms with Gasteiger partial charge in [-0.15, -0.1) is 0 Å². The standard InChI is InChI=1S/C24H36ClN6O6P/c1-6-34-38(5,33)13-17(32)30(4)12-16-18-19(37-24(2,3)36-18)22(35-16)31-21-15(11-26-31)20(28-23(25)29-21)27-14-9-7-8-10-14/h11,14,16,18-19,22H,6-10,12-13H2,1-5H3,(H,27,28,29)/t16-,18-,19-,22-,38?/m1/s1. The van der Waals surface area contributed by atoms with Gasteiger partial charge in [0.1, 0.15) is 30.3 Å². The van der Waals surface area contributed by atoms with E-state index in [9.17, 15) is 9.36 Å². The number of rotatable bonds is 9. The number of aromatic nitrogens is 4. The quantitative estimate of drug-likeness (QED) is 0.352. The third-order valence-corrected chi connectivity index (χ3v) is 9.01. The molecule has 1 aliphatic carbocycles. The Morgan fingerprint density at radius 1 is 1.29 bits per heavy atom. The molecular weight excluding hydrogens is 535 g/mol. The first-order chi connectivity index (χ1) is 18.0. The number of ether oxygens (including phenoxy) is 3. The molecule has 4 heterocycles. The van der Waals surface area contributed by atoms with E-state index < -0.39 is 37.7 Å². The van der Waals surface area contributed by atoms with Gasteiger partial charge in [-0.1, -0.05) is 12.8 Å². The molecule has 210 valence electrons. The summed E-state index contributed by atoms with van der Waals surface area (Å²) in [5.41, 5.74) is 0.524. The zero-order valence-corrected chi connectivity index (χ0v) is 24.1. The number of hydrogen-bond acceptors (Lipinski definition) is 10. The van der Waals surface area contributed by atoms with Gasteiger partial charge >= 0.3 is 0 Å². The number of carbonyl (C=O) groups excluding carboxylic acids is 1. The zero-order chi connectivity index (χ0) is 27.2. The lowest BCUT2D eigenvalue weighted by atomic mass is 10.1. The minimum Gasteiger partial charge on any atom is -0.367 e. The number of anilines is 1. The second-order valence-corrected chi connectivity index (χ2v) is 13.7. The molecule has 14 heteroatoms. The van der Waals surface area contributed by atoms with E-state index in [0.717, 1.165) is 18.2 Å². The Labute approximate surface area is 227 Å². The van der Waals surface area contributed by atoms with Crippen molar-refractivity contribution in [2.24, 2.45) is 0 Å². The molecule has 1 N–H and O–H groups in total. The smallest absolute Gasteiger partial charge is 0.232 e. The van der Waals surface area contributed by atoms with Gasteiger partial charge in [-0.25, -0.2) is 4.68 Å². The van der Waals surface area contributed by atoms with Gasteiger partial charge in [0, 0.05) is 26.3 Å². The van der Waals surface area contributed by atoms with E-state index in [-0.39, 0.29) is 30.5 Å². The van der Waals surface area contributed by atoms with Crippen molar-refractivity contribution in [1.82, 2.24) is 24.6 Å². The van der Waals surface area contributed by atoms with Crippen LogP contribution < -0.4 is 5.32 Å². The molecule has 38 heavy (non-hydrogen) atoms. The number of hydrogen-bond donors (Lipinski definition) is 1. The molecule has 3 fully saturated rings. The van der Waals surface area contributed by atoms with Gasteiger partial charge in [-0.05, 0) is 45.2 Å². The fourth-order valence-corrected chi connectivity index (χ4v) is 7.05. The fraction of sp³-hybridized carbons (Fsp3) is 0.750. The first kappa shape index (κ1) is 27.7. The van der Waals surface area contributed by atoms with E-state index in [0.29, 0.717) is 17.5 Å². The molecule has 1 amide bonds. The summed E-state index contributed by atoms with van der Waals surface area (Å²) in [7, 11) is -1.37. The van der Waals surface area contributed by atoms with Gasteiger partial charge in [-0.3, -0.25) is 9.36 Å². The average Bonchev–Trinajstić information content (AvgIpc) is 3.59. The van der Waals surface area contributed by atoms with E-state index in [1.807, 2.05) is 13.8 Å². The lowest BCUT2D eigenvalue weighted by Crippen LogP contribution is -2.41. The lowest BCUT2D eigenvalue weighted by molar-refractivity contribution is -0.199. The molecule has 1 unspecified atom stereocenters. The number of likely N-dealkylation sites (N-methyl/N-ethyl adjacent to an activating group) is 1. The first-order valence-corrected chi connectivity index (χ1v) is 15.7. The number of amides is 1. The molecule has 12 nitrogen and oxygen atoms in total. The minimum absolute atomic E-state index is 0.110. The third-order valence-electron chi connectivity index (χ3n) is 7.19. The normalized spacial score (nSPS) is 28.5.